The lowest BCUT2D eigenvalue weighted by atomic mass is 10.3. The average Bonchev–Trinajstić information content (AvgIpc) is 3.05. The summed E-state index contributed by atoms with van der Waals surface area (Å²) in [6.45, 7) is 3.86. The molecule has 6 nitrogen and oxygen atoms in total. The van der Waals surface area contributed by atoms with Gasteiger partial charge in [0.1, 0.15) is 0 Å². The molecule has 1 aromatic heterocycles. The first-order chi connectivity index (χ1) is 13.1. The molecule has 0 spiro atoms. The van der Waals surface area contributed by atoms with E-state index < -0.39 is 6.03 Å². The van der Waals surface area contributed by atoms with Crippen molar-refractivity contribution in [2.24, 2.45) is 0 Å². The van der Waals surface area contributed by atoms with Gasteiger partial charge in [0.2, 0.25) is 5.91 Å². The minimum absolute atomic E-state index is 0.0210. The predicted octanol–water partition coefficient (Wildman–Crippen LogP) is 3.74. The SMILES string of the molecule is CC[C@H](C)NC(=O)NC(=O)CSc1nc2ccccc2n1-c1ccccc1. The second kappa shape index (κ2) is 8.73. The van der Waals surface area contributed by atoms with E-state index in [1.165, 1.54) is 11.8 Å². The third-order valence-corrected chi connectivity index (χ3v) is 5.06. The van der Waals surface area contributed by atoms with Gasteiger partial charge in [-0.2, -0.15) is 0 Å². The van der Waals surface area contributed by atoms with Gasteiger partial charge in [0.25, 0.3) is 0 Å². The number of rotatable bonds is 6. The van der Waals surface area contributed by atoms with Crippen LogP contribution in [0.3, 0.4) is 0 Å². The Balaban J connectivity index is 1.75. The second-order valence-electron chi connectivity index (χ2n) is 6.17. The summed E-state index contributed by atoms with van der Waals surface area (Å²) in [6.07, 6.45) is 0.803. The van der Waals surface area contributed by atoms with E-state index in [0.717, 1.165) is 23.1 Å². The van der Waals surface area contributed by atoms with Crippen LogP contribution < -0.4 is 10.6 Å². The molecule has 3 amide bonds. The summed E-state index contributed by atoms with van der Waals surface area (Å²) < 4.78 is 2.02. The van der Waals surface area contributed by atoms with Gasteiger partial charge in [0.05, 0.1) is 16.8 Å². The molecule has 0 fully saturated rings. The fourth-order valence-electron chi connectivity index (χ4n) is 2.58. The predicted molar refractivity (Wildman–Crippen MR) is 108 cm³/mol. The Labute approximate surface area is 162 Å². The fourth-order valence-corrected chi connectivity index (χ4v) is 3.41. The zero-order chi connectivity index (χ0) is 19.2. The highest BCUT2D eigenvalue weighted by molar-refractivity contribution is 7.99. The van der Waals surface area contributed by atoms with Crippen LogP contribution in [0.15, 0.2) is 59.8 Å². The molecule has 3 rings (SSSR count). The minimum Gasteiger partial charge on any atom is -0.335 e. The molecular formula is C20H22N4O2S. The maximum Gasteiger partial charge on any atom is 0.321 e. The van der Waals surface area contributed by atoms with E-state index in [4.69, 9.17) is 0 Å². The lowest BCUT2D eigenvalue weighted by Crippen LogP contribution is -2.43. The van der Waals surface area contributed by atoms with Gasteiger partial charge < -0.3 is 5.32 Å². The highest BCUT2D eigenvalue weighted by Crippen LogP contribution is 2.27. The number of benzene rings is 2. The third kappa shape index (κ3) is 4.68. The Morgan fingerprint density at radius 3 is 2.56 bits per heavy atom. The monoisotopic (exact) mass is 382 g/mol. The number of amides is 3. The van der Waals surface area contributed by atoms with Crippen LogP contribution in [0.25, 0.3) is 16.7 Å². The Morgan fingerprint density at radius 2 is 1.81 bits per heavy atom. The molecule has 0 bridgehead atoms. The van der Waals surface area contributed by atoms with Crippen LogP contribution in [0.4, 0.5) is 4.79 Å². The van der Waals surface area contributed by atoms with Gasteiger partial charge in [-0.15, -0.1) is 0 Å². The number of carbonyl (C=O) groups excluding carboxylic acids is 2. The van der Waals surface area contributed by atoms with E-state index in [0.29, 0.717) is 5.16 Å². The highest BCUT2D eigenvalue weighted by atomic mass is 32.2. The van der Waals surface area contributed by atoms with E-state index in [1.807, 2.05) is 73.0 Å². The Kier molecular flexibility index (Phi) is 6.13. The molecule has 0 saturated carbocycles. The molecule has 0 aliphatic heterocycles. The molecule has 140 valence electrons. The number of hydrogen-bond donors (Lipinski definition) is 2. The number of imide groups is 1. The second-order valence-corrected chi connectivity index (χ2v) is 7.12. The number of thioether (sulfide) groups is 1. The number of urea groups is 1. The van der Waals surface area contributed by atoms with Crippen molar-refractivity contribution in [1.29, 1.82) is 0 Å². The van der Waals surface area contributed by atoms with Crippen LogP contribution in [-0.4, -0.2) is 33.3 Å². The number of carbonyl (C=O) groups is 2. The van der Waals surface area contributed by atoms with Crippen molar-refractivity contribution in [3.63, 3.8) is 0 Å². The summed E-state index contributed by atoms with van der Waals surface area (Å²) in [5.41, 5.74) is 2.81. The lowest BCUT2D eigenvalue weighted by molar-refractivity contribution is -0.117. The van der Waals surface area contributed by atoms with Crippen LogP contribution >= 0.6 is 11.8 Å². The largest absolute Gasteiger partial charge is 0.335 e. The molecular weight excluding hydrogens is 360 g/mol. The van der Waals surface area contributed by atoms with Crippen LogP contribution in [0.1, 0.15) is 20.3 Å². The van der Waals surface area contributed by atoms with Gasteiger partial charge in [-0.25, -0.2) is 9.78 Å². The highest BCUT2D eigenvalue weighted by Gasteiger charge is 2.15. The molecule has 1 atom stereocenters. The van der Waals surface area contributed by atoms with E-state index in [9.17, 15) is 9.59 Å². The molecule has 2 aromatic carbocycles. The van der Waals surface area contributed by atoms with E-state index in [2.05, 4.69) is 15.6 Å². The maximum absolute atomic E-state index is 12.1. The van der Waals surface area contributed by atoms with Crippen molar-refractivity contribution in [3.8, 4) is 5.69 Å². The zero-order valence-electron chi connectivity index (χ0n) is 15.3. The van der Waals surface area contributed by atoms with E-state index in [-0.39, 0.29) is 17.7 Å². The molecule has 0 aliphatic rings. The molecule has 1 heterocycles. The summed E-state index contributed by atoms with van der Waals surface area (Å²) in [4.78, 5) is 28.6. The molecule has 0 unspecified atom stereocenters. The fraction of sp³-hybridized carbons (Fsp3) is 0.250. The van der Waals surface area contributed by atoms with Crippen LogP contribution in [0.2, 0.25) is 0 Å². The summed E-state index contributed by atoms with van der Waals surface area (Å²) in [7, 11) is 0. The topological polar surface area (TPSA) is 76.0 Å². The van der Waals surface area contributed by atoms with Crippen molar-refractivity contribution in [2.45, 2.75) is 31.5 Å². The average molecular weight is 382 g/mol. The number of nitrogens with zero attached hydrogens (tertiary/aromatic N) is 2. The molecule has 0 saturated heterocycles. The minimum atomic E-state index is -0.466. The molecule has 27 heavy (non-hydrogen) atoms. The van der Waals surface area contributed by atoms with Gasteiger partial charge in [0, 0.05) is 11.7 Å². The zero-order valence-corrected chi connectivity index (χ0v) is 16.1. The van der Waals surface area contributed by atoms with E-state index in [1.54, 1.807) is 0 Å². The maximum atomic E-state index is 12.1. The van der Waals surface area contributed by atoms with Crippen molar-refractivity contribution >= 4 is 34.7 Å². The van der Waals surface area contributed by atoms with Crippen molar-refractivity contribution in [1.82, 2.24) is 20.2 Å². The van der Waals surface area contributed by atoms with Gasteiger partial charge in [0.15, 0.2) is 5.16 Å². The number of nitrogens with one attached hydrogen (secondary N) is 2. The van der Waals surface area contributed by atoms with Crippen molar-refractivity contribution < 1.29 is 9.59 Å². The Bertz CT molecular complexity index is 940. The number of fused-ring (bicyclic) bond motifs is 1. The van der Waals surface area contributed by atoms with Crippen LogP contribution in [0, 0.1) is 0 Å². The Morgan fingerprint density at radius 1 is 1.11 bits per heavy atom. The summed E-state index contributed by atoms with van der Waals surface area (Å²) in [5, 5.41) is 5.79. The number of hydrogen-bond acceptors (Lipinski definition) is 4. The van der Waals surface area contributed by atoms with Crippen LogP contribution in [0.5, 0.6) is 0 Å². The third-order valence-electron chi connectivity index (χ3n) is 4.12. The van der Waals surface area contributed by atoms with E-state index >= 15 is 0 Å². The molecule has 3 aromatic rings. The lowest BCUT2D eigenvalue weighted by Gasteiger charge is -2.12. The number of aromatic nitrogens is 2. The molecule has 7 heteroatoms. The molecule has 0 aliphatic carbocycles. The first kappa shape index (κ1) is 19.0. The van der Waals surface area contributed by atoms with Crippen LogP contribution in [-0.2, 0) is 4.79 Å². The summed E-state index contributed by atoms with van der Waals surface area (Å²) in [5.74, 6) is -0.253. The summed E-state index contributed by atoms with van der Waals surface area (Å²) >= 11 is 1.30. The number of imidazole rings is 1. The normalized spacial score (nSPS) is 11.9. The smallest absolute Gasteiger partial charge is 0.321 e. The number of para-hydroxylation sites is 3. The molecule has 2 N–H and O–H groups in total. The van der Waals surface area contributed by atoms with Gasteiger partial charge in [-0.05, 0) is 37.6 Å². The van der Waals surface area contributed by atoms with Gasteiger partial charge >= 0.3 is 6.03 Å². The standard InChI is InChI=1S/C20H22N4O2S/c1-3-14(2)21-19(26)23-18(25)13-27-20-22-16-11-7-8-12-17(16)24(20)15-9-5-4-6-10-15/h4-12,14H,3,13H2,1-2H3,(H2,21,23,25,26)/t14-/m0/s1. The molecule has 0 radical (unpaired) electrons. The summed E-state index contributed by atoms with van der Waals surface area (Å²) in [6, 6.07) is 17.3. The Hall–Kier alpha value is -2.80. The first-order valence-corrected chi connectivity index (χ1v) is 9.83. The quantitative estimate of drug-likeness (QED) is 0.637. The van der Waals surface area contributed by atoms with Gasteiger partial charge in [-0.1, -0.05) is 49.0 Å². The van der Waals surface area contributed by atoms with Crippen molar-refractivity contribution in [2.75, 3.05) is 5.75 Å². The van der Waals surface area contributed by atoms with Crippen molar-refractivity contribution in [3.05, 3.63) is 54.6 Å². The first-order valence-electron chi connectivity index (χ1n) is 8.84. The van der Waals surface area contributed by atoms with Gasteiger partial charge in [-0.3, -0.25) is 14.7 Å².